The predicted molar refractivity (Wildman–Crippen MR) is 117 cm³/mol. The van der Waals surface area contributed by atoms with Crippen LogP contribution in [0.2, 0.25) is 0 Å². The molecule has 3 atom stereocenters. The molecule has 0 amide bonds. The van der Waals surface area contributed by atoms with Gasteiger partial charge in [-0.05, 0) is 49.9 Å². The molecular formula is C25H30ClNO2. The Morgan fingerprint density at radius 1 is 0.966 bits per heavy atom. The molecule has 0 aliphatic heterocycles. The molecule has 3 fully saturated rings. The van der Waals surface area contributed by atoms with E-state index in [0.29, 0.717) is 17.7 Å². The van der Waals surface area contributed by atoms with Gasteiger partial charge in [0, 0.05) is 23.8 Å². The topological polar surface area (TPSA) is 29.5 Å². The van der Waals surface area contributed by atoms with Crippen LogP contribution in [0.4, 0.5) is 0 Å². The quantitative estimate of drug-likeness (QED) is 0.482. The van der Waals surface area contributed by atoms with Crippen molar-refractivity contribution in [2.75, 3.05) is 20.0 Å². The minimum Gasteiger partial charge on any atom is -0.462 e. The van der Waals surface area contributed by atoms with Crippen molar-refractivity contribution in [3.8, 4) is 0 Å². The first-order valence-corrected chi connectivity index (χ1v) is 11.1. The van der Waals surface area contributed by atoms with Crippen molar-refractivity contribution in [3.05, 3.63) is 71.8 Å². The van der Waals surface area contributed by atoms with Gasteiger partial charge in [0.15, 0.2) is 0 Å². The van der Waals surface area contributed by atoms with Gasteiger partial charge in [-0.25, -0.2) is 0 Å². The number of hydrogen-bond donors (Lipinski definition) is 0. The number of carbonyl (C=O) groups is 1. The van der Waals surface area contributed by atoms with Crippen molar-refractivity contribution in [3.63, 3.8) is 0 Å². The summed E-state index contributed by atoms with van der Waals surface area (Å²) in [5.74, 6) is 1.13. The maximum atomic E-state index is 12.4. The molecule has 0 aromatic heterocycles. The van der Waals surface area contributed by atoms with E-state index in [2.05, 4.69) is 79.7 Å². The Morgan fingerprint density at radius 3 is 1.93 bits per heavy atom. The highest BCUT2D eigenvalue weighted by Gasteiger charge is 2.58. The number of rotatable bonds is 6. The number of nitrogens with zero attached hydrogens (tertiary/aromatic N) is 1. The summed E-state index contributed by atoms with van der Waals surface area (Å²) in [5, 5.41) is 0. The lowest BCUT2D eigenvalue weighted by Gasteiger charge is -2.60. The van der Waals surface area contributed by atoms with Crippen molar-refractivity contribution in [2.24, 2.45) is 5.92 Å². The van der Waals surface area contributed by atoms with Gasteiger partial charge in [0.05, 0.1) is 6.42 Å². The molecule has 0 spiro atoms. The van der Waals surface area contributed by atoms with E-state index in [1.54, 1.807) is 0 Å². The van der Waals surface area contributed by atoms with E-state index in [-0.39, 0.29) is 30.0 Å². The number of hydrogen-bond acceptors (Lipinski definition) is 3. The van der Waals surface area contributed by atoms with Crippen LogP contribution in [0.3, 0.4) is 0 Å². The van der Waals surface area contributed by atoms with Crippen molar-refractivity contribution < 1.29 is 9.53 Å². The van der Waals surface area contributed by atoms with Gasteiger partial charge in [-0.3, -0.25) is 4.79 Å². The molecule has 3 aliphatic rings. The third-order valence-corrected chi connectivity index (χ3v) is 7.31. The molecular weight excluding hydrogens is 382 g/mol. The van der Waals surface area contributed by atoms with Gasteiger partial charge in [0.1, 0.15) is 6.10 Å². The molecule has 3 nitrogen and oxygen atoms in total. The summed E-state index contributed by atoms with van der Waals surface area (Å²) in [7, 11) is 4.35. The Labute approximate surface area is 179 Å². The van der Waals surface area contributed by atoms with E-state index in [1.165, 1.54) is 11.1 Å². The number of alkyl halides is 1. The monoisotopic (exact) mass is 411 g/mol. The predicted octanol–water partition coefficient (Wildman–Crippen LogP) is 5.21. The van der Waals surface area contributed by atoms with Gasteiger partial charge in [-0.1, -0.05) is 60.7 Å². The van der Waals surface area contributed by atoms with Crippen LogP contribution in [0.25, 0.3) is 0 Å². The summed E-state index contributed by atoms with van der Waals surface area (Å²) in [4.78, 5) is 14.8. The molecule has 3 saturated carbocycles. The van der Waals surface area contributed by atoms with Crippen LogP contribution in [-0.4, -0.2) is 42.5 Å². The minimum atomic E-state index is -0.176. The molecule has 2 bridgehead atoms. The number of ether oxygens (including phenoxy) is 1. The lowest BCUT2D eigenvalue weighted by atomic mass is 9.52. The Balaban J connectivity index is 1.78. The zero-order chi connectivity index (χ0) is 20.4. The van der Waals surface area contributed by atoms with Gasteiger partial charge in [0.25, 0.3) is 0 Å². The highest BCUT2D eigenvalue weighted by atomic mass is 35.5. The summed E-state index contributed by atoms with van der Waals surface area (Å²) in [6.45, 7) is 0. The van der Waals surface area contributed by atoms with Crippen LogP contribution >= 0.6 is 11.6 Å². The largest absolute Gasteiger partial charge is 0.462 e. The maximum absolute atomic E-state index is 12.4. The first-order valence-electron chi connectivity index (χ1n) is 10.6. The zero-order valence-electron chi connectivity index (χ0n) is 17.3. The molecule has 5 rings (SSSR count). The highest BCUT2D eigenvalue weighted by Crippen LogP contribution is 2.60. The molecule has 0 heterocycles. The Hall–Kier alpha value is -1.84. The smallest absolute Gasteiger partial charge is 0.307 e. The van der Waals surface area contributed by atoms with Gasteiger partial charge >= 0.3 is 5.97 Å². The summed E-state index contributed by atoms with van der Waals surface area (Å²) < 4.78 is 6.09. The van der Waals surface area contributed by atoms with E-state index in [0.717, 1.165) is 19.3 Å². The third-order valence-electron chi connectivity index (χ3n) is 7.12. The second kappa shape index (κ2) is 8.49. The highest BCUT2D eigenvalue weighted by molar-refractivity contribution is 6.18. The normalized spacial score (nSPS) is 31.0. The van der Waals surface area contributed by atoms with Gasteiger partial charge < -0.3 is 9.64 Å². The average molecular weight is 412 g/mol. The lowest BCUT2D eigenvalue weighted by Crippen LogP contribution is -2.61. The number of carbonyl (C=O) groups excluding carboxylic acids is 1. The fraction of sp³-hybridized carbons (Fsp3) is 0.480. The Morgan fingerprint density at radius 2 is 1.48 bits per heavy atom. The fourth-order valence-corrected chi connectivity index (χ4v) is 5.86. The molecule has 3 aliphatic carbocycles. The van der Waals surface area contributed by atoms with Crippen molar-refractivity contribution in [1.29, 1.82) is 0 Å². The minimum absolute atomic E-state index is 0.0156. The Bertz CT molecular complexity index is 774. The fourth-order valence-electron chi connectivity index (χ4n) is 5.70. The zero-order valence-corrected chi connectivity index (χ0v) is 18.0. The molecule has 0 N–H and O–H groups in total. The lowest BCUT2D eigenvalue weighted by molar-refractivity contribution is -0.166. The summed E-state index contributed by atoms with van der Waals surface area (Å²) in [5.41, 5.74) is 2.71. The van der Waals surface area contributed by atoms with Crippen molar-refractivity contribution in [1.82, 2.24) is 4.90 Å². The first-order chi connectivity index (χ1) is 14.0. The molecule has 154 valence electrons. The number of fused-ring (bicyclic) bond motifs is 3. The number of benzene rings is 2. The van der Waals surface area contributed by atoms with Crippen LogP contribution in [0.5, 0.6) is 0 Å². The summed E-state index contributed by atoms with van der Waals surface area (Å²) in [6.07, 6.45) is 3.27. The van der Waals surface area contributed by atoms with E-state index in [9.17, 15) is 4.79 Å². The maximum Gasteiger partial charge on any atom is 0.307 e. The second-order valence-electron chi connectivity index (χ2n) is 8.81. The molecule has 29 heavy (non-hydrogen) atoms. The standard InChI is InChI=1S/C25H30ClNO2/c1-27(2)25-15-20(18-9-5-3-6-10-18)24(22(17-25)29-23(28)13-14-26)21(16-25)19-11-7-4-8-12-19/h3-12,20-22,24H,13-17H2,1-2H3/t20-,21-,22-,24?,25?/m0/s1. The average Bonchev–Trinajstić information content (AvgIpc) is 2.75. The molecule has 0 saturated heterocycles. The van der Waals surface area contributed by atoms with E-state index < -0.39 is 0 Å². The molecule has 0 unspecified atom stereocenters. The number of halogens is 1. The van der Waals surface area contributed by atoms with Crippen LogP contribution in [-0.2, 0) is 9.53 Å². The van der Waals surface area contributed by atoms with Crippen molar-refractivity contribution in [2.45, 2.75) is 49.2 Å². The van der Waals surface area contributed by atoms with Gasteiger partial charge in [0.2, 0.25) is 0 Å². The van der Waals surface area contributed by atoms with Crippen LogP contribution < -0.4 is 0 Å². The number of esters is 1. The second-order valence-corrected chi connectivity index (χ2v) is 9.19. The van der Waals surface area contributed by atoms with Crippen LogP contribution in [0.15, 0.2) is 60.7 Å². The molecule has 2 aromatic carbocycles. The Kier molecular flexibility index (Phi) is 5.98. The van der Waals surface area contributed by atoms with Crippen LogP contribution in [0.1, 0.15) is 48.6 Å². The van der Waals surface area contributed by atoms with Gasteiger partial charge in [-0.2, -0.15) is 0 Å². The SMILES string of the molecule is CN(C)C12C[C@H](OC(=O)CCCl)C([C@H](c3ccccc3)C1)[C@H](c1ccccc1)C2. The van der Waals surface area contributed by atoms with E-state index in [1.807, 2.05) is 0 Å². The third kappa shape index (κ3) is 3.95. The summed E-state index contributed by atoms with van der Waals surface area (Å²) in [6, 6.07) is 21.5. The van der Waals surface area contributed by atoms with Gasteiger partial charge in [-0.15, -0.1) is 11.6 Å². The first kappa shape index (κ1) is 20.4. The molecule has 0 radical (unpaired) electrons. The summed E-state index contributed by atoms with van der Waals surface area (Å²) >= 11 is 5.81. The van der Waals surface area contributed by atoms with E-state index in [4.69, 9.17) is 16.3 Å². The molecule has 4 heteroatoms. The van der Waals surface area contributed by atoms with E-state index >= 15 is 0 Å². The van der Waals surface area contributed by atoms with Crippen molar-refractivity contribution >= 4 is 17.6 Å². The van der Waals surface area contributed by atoms with Crippen LogP contribution in [0, 0.1) is 5.92 Å². The molecule has 2 aromatic rings.